The zero-order chi connectivity index (χ0) is 37.2. The van der Waals surface area contributed by atoms with Gasteiger partial charge in [0.15, 0.2) is 0 Å². The van der Waals surface area contributed by atoms with Gasteiger partial charge >= 0.3 is 0 Å². The highest BCUT2D eigenvalue weighted by Gasteiger charge is 2.92. The molecule has 6 N–H and O–H groups in total. The molecule has 0 heterocycles. The van der Waals surface area contributed by atoms with Gasteiger partial charge in [-0.3, -0.25) is 9.59 Å². The Morgan fingerprint density at radius 1 is 0.456 bits per heavy atom. The maximum atomic E-state index is 15.3. The van der Waals surface area contributed by atoms with E-state index in [2.05, 4.69) is 40.5 Å². The Morgan fingerprint density at radius 2 is 0.860 bits per heavy atom. The first-order valence-corrected chi connectivity index (χ1v) is 24.2. The number of carbonyl (C=O) groups excluding carboxylic acids is 2. The second kappa shape index (κ2) is 9.55. The molecule has 0 aromatic rings. The Labute approximate surface area is 334 Å². The quantitative estimate of drug-likeness (QED) is 0.166. The van der Waals surface area contributed by atoms with Crippen LogP contribution >= 0.6 is 0 Å². The van der Waals surface area contributed by atoms with E-state index in [1.165, 1.54) is 25.7 Å². The van der Waals surface area contributed by atoms with E-state index in [1.54, 1.807) is 0 Å². The van der Waals surface area contributed by atoms with Gasteiger partial charge in [-0.25, -0.2) is 0 Å². The first kappa shape index (κ1) is 31.8. The predicted octanol–water partition coefficient (Wildman–Crippen LogP) is 2.60. The van der Waals surface area contributed by atoms with Crippen LogP contribution < -0.4 is 10.6 Å². The fraction of sp³-hybridized carbons (Fsp3) is 0.837. The molecular formula is C49H58N2O6. The predicted molar refractivity (Wildman–Crippen MR) is 203 cm³/mol. The number of aliphatic hydroxyl groups is 4. The van der Waals surface area contributed by atoms with Crippen LogP contribution in [0.5, 0.6) is 0 Å². The molecule has 0 aliphatic heterocycles. The summed E-state index contributed by atoms with van der Waals surface area (Å²) in [6.45, 7) is -1.53. The lowest BCUT2D eigenvalue weighted by atomic mass is 9.43. The molecule has 0 aromatic heterocycles. The number of fused-ring (bicyclic) bond motifs is 8. The molecule has 8 heteroatoms. The van der Waals surface area contributed by atoms with Crippen molar-refractivity contribution in [1.29, 1.82) is 0 Å². The molecular weight excluding hydrogens is 713 g/mol. The molecule has 0 saturated heterocycles. The normalized spacial score (nSPS) is 65.6. The van der Waals surface area contributed by atoms with E-state index in [4.69, 9.17) is 0 Å². The van der Waals surface area contributed by atoms with Gasteiger partial charge in [0.2, 0.25) is 11.8 Å². The Kier molecular flexibility index (Phi) is 5.33. The summed E-state index contributed by atoms with van der Waals surface area (Å²) in [5.41, 5.74) is 2.81. The van der Waals surface area contributed by atoms with Crippen LogP contribution in [0.2, 0.25) is 0 Å². The number of hydrogen-bond donors (Lipinski definition) is 6. The van der Waals surface area contributed by atoms with E-state index >= 15 is 9.59 Å². The Morgan fingerprint density at radius 3 is 1.49 bits per heavy atom. The summed E-state index contributed by atoms with van der Waals surface area (Å²) < 4.78 is 0. The van der Waals surface area contributed by atoms with E-state index in [-0.39, 0.29) is 56.0 Å². The van der Waals surface area contributed by atoms with Gasteiger partial charge in [0, 0.05) is 0 Å². The maximum Gasteiger partial charge on any atom is 0.236 e. The van der Waals surface area contributed by atoms with Crippen molar-refractivity contribution in [2.24, 2.45) is 183 Å². The largest absolute Gasteiger partial charge is 0.394 e. The molecule has 0 radical (unpaired) electrons. The molecule has 17 aliphatic carbocycles. The highest BCUT2D eigenvalue weighted by atomic mass is 16.3. The molecule has 0 spiro atoms. The zero-order valence-corrected chi connectivity index (χ0v) is 32.5. The lowest BCUT2D eigenvalue weighted by Crippen LogP contribution is -2.58. The van der Waals surface area contributed by atoms with Crippen LogP contribution in [0.15, 0.2) is 35.5 Å². The van der Waals surface area contributed by atoms with Crippen LogP contribution in [0.3, 0.4) is 0 Å². The summed E-state index contributed by atoms with van der Waals surface area (Å²) in [7, 11) is 0. The third-order valence-electron chi connectivity index (χ3n) is 24.7. The molecule has 300 valence electrons. The van der Waals surface area contributed by atoms with Crippen LogP contribution in [0, 0.1) is 183 Å². The number of amides is 2. The van der Waals surface area contributed by atoms with Crippen molar-refractivity contribution in [2.75, 3.05) is 26.4 Å². The zero-order valence-electron chi connectivity index (χ0n) is 32.5. The number of nitrogens with one attached hydrogen (secondary N) is 2. The van der Waals surface area contributed by atoms with Gasteiger partial charge in [-0.2, -0.15) is 0 Å². The number of carbonyl (C=O) groups is 2. The topological polar surface area (TPSA) is 139 Å². The Hall–Kier alpha value is -2.00. The van der Waals surface area contributed by atoms with Crippen molar-refractivity contribution >= 4 is 11.8 Å². The molecule has 30 atom stereocenters. The second-order valence-electron chi connectivity index (χ2n) is 24.1. The van der Waals surface area contributed by atoms with Crippen molar-refractivity contribution < 1.29 is 30.0 Å². The first-order valence-electron chi connectivity index (χ1n) is 24.2. The average molecular weight is 771 g/mol. The lowest BCUT2D eigenvalue weighted by molar-refractivity contribution is -0.147. The van der Waals surface area contributed by atoms with Gasteiger partial charge in [-0.05, 0) is 203 Å². The minimum atomic E-state index is -1.32. The highest BCUT2D eigenvalue weighted by molar-refractivity contribution is 6.09. The van der Waals surface area contributed by atoms with Crippen molar-refractivity contribution in [3.05, 3.63) is 35.5 Å². The van der Waals surface area contributed by atoms with Crippen LogP contribution in [0.1, 0.15) is 25.7 Å². The molecule has 2 amide bonds. The van der Waals surface area contributed by atoms with E-state index in [9.17, 15) is 20.4 Å². The van der Waals surface area contributed by atoms with Gasteiger partial charge in [-0.1, -0.05) is 35.5 Å². The minimum Gasteiger partial charge on any atom is -0.394 e. The monoisotopic (exact) mass is 770 g/mol. The van der Waals surface area contributed by atoms with Crippen LogP contribution in [-0.4, -0.2) is 70.8 Å². The number of allylic oxidation sites excluding steroid dienone is 6. The van der Waals surface area contributed by atoms with Crippen molar-refractivity contribution in [1.82, 2.24) is 10.6 Å². The smallest absolute Gasteiger partial charge is 0.236 e. The third kappa shape index (κ3) is 2.81. The molecule has 57 heavy (non-hydrogen) atoms. The van der Waals surface area contributed by atoms with E-state index < -0.39 is 17.5 Å². The summed E-state index contributed by atoms with van der Waals surface area (Å²) in [6, 6.07) is -1.66. The average Bonchev–Trinajstić information content (AvgIpc) is 3.81. The SMILES string of the molecule is O=C(NC(CO)CO)C1(C(=O)NC(CO)CO)C2C3C4C=CC5C6C=CC7C8CCC9C%10CCC%11C%12C%10C%10C9C8C8C9C%13=C(C6C78)C5C4C4C%13C(C9%10)C%12C(C43)C%11C21. The van der Waals surface area contributed by atoms with Gasteiger partial charge in [0.1, 0.15) is 5.41 Å². The second-order valence-corrected chi connectivity index (χ2v) is 24.1. The summed E-state index contributed by atoms with van der Waals surface area (Å²) in [6.07, 6.45) is 16.6. The summed E-state index contributed by atoms with van der Waals surface area (Å²) >= 11 is 0. The van der Waals surface area contributed by atoms with Crippen molar-refractivity contribution in [2.45, 2.75) is 37.8 Å². The maximum absolute atomic E-state index is 15.3. The first-order chi connectivity index (χ1) is 28.0. The van der Waals surface area contributed by atoms with Gasteiger partial charge in [0.25, 0.3) is 0 Å². The molecule has 0 bridgehead atoms. The number of rotatable bonds is 8. The van der Waals surface area contributed by atoms with E-state index in [0.717, 1.165) is 101 Å². The van der Waals surface area contributed by atoms with Gasteiger partial charge in [0.05, 0.1) is 38.5 Å². The molecule has 8 nitrogen and oxygen atoms in total. The van der Waals surface area contributed by atoms with Crippen molar-refractivity contribution in [3.63, 3.8) is 0 Å². The minimum absolute atomic E-state index is 0.0690. The third-order valence-corrected chi connectivity index (χ3v) is 24.7. The lowest BCUT2D eigenvalue weighted by Gasteiger charge is -2.61. The fourth-order valence-corrected chi connectivity index (χ4v) is 25.4. The molecule has 30 unspecified atom stereocenters. The van der Waals surface area contributed by atoms with Crippen molar-refractivity contribution in [3.8, 4) is 0 Å². The molecule has 0 aromatic carbocycles. The van der Waals surface area contributed by atoms with Gasteiger partial charge in [-0.15, -0.1) is 0 Å². The summed E-state index contributed by atoms with van der Waals surface area (Å²) in [5, 5.41) is 47.2. The summed E-state index contributed by atoms with van der Waals surface area (Å²) in [5.74, 6) is 19.5. The number of aliphatic hydroxyl groups excluding tert-OH is 4. The highest BCUT2D eigenvalue weighted by Crippen LogP contribution is 2.94. The van der Waals surface area contributed by atoms with E-state index in [0.29, 0.717) is 59.2 Å². The molecule has 13 saturated carbocycles. The molecule has 17 rings (SSSR count). The summed E-state index contributed by atoms with van der Waals surface area (Å²) in [4.78, 5) is 30.6. The Bertz CT molecular complexity index is 2060. The Balaban J connectivity index is 0.941. The molecule has 17 aliphatic rings. The van der Waals surface area contributed by atoms with Crippen LogP contribution in [0.25, 0.3) is 0 Å². The van der Waals surface area contributed by atoms with Crippen LogP contribution in [-0.2, 0) is 9.59 Å². The van der Waals surface area contributed by atoms with Gasteiger partial charge < -0.3 is 31.1 Å². The van der Waals surface area contributed by atoms with Crippen LogP contribution in [0.4, 0.5) is 0 Å². The molecule has 13 fully saturated rings. The fourth-order valence-electron chi connectivity index (χ4n) is 25.4. The van der Waals surface area contributed by atoms with E-state index in [1.807, 2.05) is 5.57 Å². The standard InChI is InChI=1S/C49H58N2O6/c52-9-13(10-53)50-47(56)49(48(57)51-14(11-54)12-55)45-31-21-7-5-19-17-3-1-15-16-2-4-18-20-6-8-22-30-28(20)35-26(18)24(16)33-23(15)25(17)34-27(19)29(21)36-38(31)39(32(22)46(45)49)37(30)44-42(35)40(33)41(34)43(36)44/h1,3,5,7,13-33,35-40,42-46,52-55H,2,4,6,8-12H2,(H,50,56)(H,51,57). The number of hydrogen-bond acceptors (Lipinski definition) is 6.